The van der Waals surface area contributed by atoms with Crippen LogP contribution < -0.4 is 0 Å². The van der Waals surface area contributed by atoms with Gasteiger partial charge in [-0.05, 0) is 12.0 Å². The van der Waals surface area contributed by atoms with E-state index in [0.717, 1.165) is 18.4 Å². The second-order valence-corrected chi connectivity index (χ2v) is 5.36. The van der Waals surface area contributed by atoms with E-state index in [2.05, 4.69) is 6.92 Å². The second-order valence-electron chi connectivity index (χ2n) is 5.36. The summed E-state index contributed by atoms with van der Waals surface area (Å²) in [5, 5.41) is 0. The maximum absolute atomic E-state index is 11.5. The van der Waals surface area contributed by atoms with Crippen LogP contribution in [-0.2, 0) is 9.53 Å². The lowest BCUT2D eigenvalue weighted by Crippen LogP contribution is -2.04. The Morgan fingerprint density at radius 1 is 1.00 bits per heavy atom. The van der Waals surface area contributed by atoms with Gasteiger partial charge in [0.2, 0.25) is 0 Å². The molecule has 0 saturated heterocycles. The fourth-order valence-electron chi connectivity index (χ4n) is 2.16. The lowest BCUT2D eigenvalue weighted by molar-refractivity contribution is -0.142. The Kier molecular flexibility index (Phi) is 10.1. The lowest BCUT2D eigenvalue weighted by atomic mass is 10.1. The van der Waals surface area contributed by atoms with Crippen LogP contribution in [0.1, 0.15) is 63.9 Å². The van der Waals surface area contributed by atoms with E-state index in [1.165, 1.54) is 32.1 Å². The zero-order chi connectivity index (χ0) is 15.2. The summed E-state index contributed by atoms with van der Waals surface area (Å²) in [6, 6.07) is 9.98. The number of hydrogen-bond acceptors (Lipinski definition) is 2. The average Bonchev–Trinajstić information content (AvgIpc) is 2.51. The number of hydrogen-bond donors (Lipinski definition) is 0. The van der Waals surface area contributed by atoms with E-state index in [-0.39, 0.29) is 5.97 Å². The van der Waals surface area contributed by atoms with Gasteiger partial charge in [0, 0.05) is 0 Å². The molecular weight excluding hydrogens is 260 g/mol. The van der Waals surface area contributed by atoms with Gasteiger partial charge >= 0.3 is 5.97 Å². The Hall–Kier alpha value is -1.57. The van der Waals surface area contributed by atoms with E-state index in [1.54, 1.807) is 0 Å². The molecule has 0 aliphatic rings. The normalized spacial score (nSPS) is 10.9. The molecule has 0 heterocycles. The first-order valence-electron chi connectivity index (χ1n) is 8.20. The minimum Gasteiger partial charge on any atom is -0.465 e. The molecule has 2 heteroatoms. The molecule has 0 aromatic heterocycles. The van der Waals surface area contributed by atoms with Gasteiger partial charge in [0.15, 0.2) is 0 Å². The van der Waals surface area contributed by atoms with E-state index in [4.69, 9.17) is 4.74 Å². The first kappa shape index (κ1) is 17.5. The topological polar surface area (TPSA) is 26.3 Å². The lowest BCUT2D eigenvalue weighted by Gasteiger charge is -2.03. The molecular formula is C19H28O2. The Morgan fingerprint density at radius 3 is 2.38 bits per heavy atom. The van der Waals surface area contributed by atoms with Crippen LogP contribution in [0.25, 0.3) is 6.08 Å². The summed E-state index contributed by atoms with van der Waals surface area (Å²) in [7, 11) is 0. The van der Waals surface area contributed by atoms with E-state index in [1.807, 2.05) is 42.5 Å². The van der Waals surface area contributed by atoms with E-state index in [0.29, 0.717) is 13.0 Å². The van der Waals surface area contributed by atoms with Crippen LogP contribution in [0.2, 0.25) is 0 Å². The number of ether oxygens (including phenoxy) is 1. The third-order valence-corrected chi connectivity index (χ3v) is 3.41. The van der Waals surface area contributed by atoms with Gasteiger partial charge in [-0.2, -0.15) is 0 Å². The molecule has 1 aromatic rings. The number of rotatable bonds is 11. The molecule has 2 nitrogen and oxygen atoms in total. The van der Waals surface area contributed by atoms with Crippen molar-refractivity contribution in [3.63, 3.8) is 0 Å². The highest BCUT2D eigenvalue weighted by molar-refractivity contribution is 5.72. The summed E-state index contributed by atoms with van der Waals surface area (Å²) in [5.74, 6) is -0.131. The smallest absolute Gasteiger partial charge is 0.309 e. The van der Waals surface area contributed by atoms with Crippen LogP contribution in [0.4, 0.5) is 0 Å². The Bertz CT molecular complexity index is 395. The predicted octanol–water partition coefficient (Wildman–Crippen LogP) is 5.38. The van der Waals surface area contributed by atoms with Gasteiger partial charge < -0.3 is 4.74 Å². The van der Waals surface area contributed by atoms with Crippen LogP contribution in [0.5, 0.6) is 0 Å². The Balaban J connectivity index is 1.98. The molecule has 21 heavy (non-hydrogen) atoms. The molecule has 0 atom stereocenters. The molecule has 0 saturated carbocycles. The van der Waals surface area contributed by atoms with Gasteiger partial charge in [-0.3, -0.25) is 4.79 Å². The summed E-state index contributed by atoms with van der Waals surface area (Å²) in [6.07, 6.45) is 12.8. The molecule has 0 N–H and O–H groups in total. The number of carbonyl (C=O) groups excluding carboxylic acids is 1. The van der Waals surface area contributed by atoms with Gasteiger partial charge in [0.1, 0.15) is 0 Å². The van der Waals surface area contributed by atoms with Crippen LogP contribution in [0, 0.1) is 0 Å². The standard InChI is InChI=1S/C19H28O2/c1-2-3-4-5-6-7-11-17-21-19(20)16-12-15-18-13-9-8-10-14-18/h8-10,12-15H,2-7,11,16-17H2,1H3/b15-12+. The molecule has 0 fully saturated rings. The number of carbonyl (C=O) groups is 1. The zero-order valence-electron chi connectivity index (χ0n) is 13.2. The molecule has 0 bridgehead atoms. The summed E-state index contributed by atoms with van der Waals surface area (Å²) in [6.45, 7) is 2.79. The van der Waals surface area contributed by atoms with E-state index < -0.39 is 0 Å². The Labute approximate surface area is 129 Å². The third-order valence-electron chi connectivity index (χ3n) is 3.41. The first-order chi connectivity index (χ1) is 10.3. The summed E-state index contributed by atoms with van der Waals surface area (Å²) in [4.78, 5) is 11.5. The van der Waals surface area contributed by atoms with Crippen molar-refractivity contribution in [2.45, 2.75) is 58.3 Å². The molecule has 0 aliphatic heterocycles. The van der Waals surface area contributed by atoms with Gasteiger partial charge in [-0.15, -0.1) is 0 Å². The van der Waals surface area contributed by atoms with Crippen LogP contribution in [0.3, 0.4) is 0 Å². The molecule has 0 aliphatic carbocycles. The van der Waals surface area contributed by atoms with Crippen molar-refractivity contribution in [2.75, 3.05) is 6.61 Å². The van der Waals surface area contributed by atoms with Crippen LogP contribution in [-0.4, -0.2) is 12.6 Å². The number of benzene rings is 1. The number of esters is 1. The highest BCUT2D eigenvalue weighted by atomic mass is 16.5. The van der Waals surface area contributed by atoms with Gasteiger partial charge in [-0.25, -0.2) is 0 Å². The van der Waals surface area contributed by atoms with E-state index in [9.17, 15) is 4.79 Å². The fourth-order valence-corrected chi connectivity index (χ4v) is 2.16. The molecule has 0 unspecified atom stereocenters. The Morgan fingerprint density at radius 2 is 1.67 bits per heavy atom. The fraction of sp³-hybridized carbons (Fsp3) is 0.526. The second kappa shape index (κ2) is 12.2. The third kappa shape index (κ3) is 9.89. The molecule has 0 spiro atoms. The van der Waals surface area contributed by atoms with Crippen molar-refractivity contribution in [2.24, 2.45) is 0 Å². The maximum Gasteiger partial charge on any atom is 0.309 e. The zero-order valence-corrected chi connectivity index (χ0v) is 13.2. The van der Waals surface area contributed by atoms with Crippen LogP contribution >= 0.6 is 0 Å². The summed E-state index contributed by atoms with van der Waals surface area (Å²) in [5.41, 5.74) is 1.11. The van der Waals surface area contributed by atoms with Crippen molar-refractivity contribution in [1.29, 1.82) is 0 Å². The highest BCUT2D eigenvalue weighted by Gasteiger charge is 1.99. The van der Waals surface area contributed by atoms with Gasteiger partial charge in [-0.1, -0.05) is 87.9 Å². The molecule has 116 valence electrons. The quantitative estimate of drug-likeness (QED) is 0.403. The molecule has 0 radical (unpaired) electrons. The highest BCUT2D eigenvalue weighted by Crippen LogP contribution is 2.07. The predicted molar refractivity (Wildman–Crippen MR) is 89.0 cm³/mol. The van der Waals surface area contributed by atoms with Crippen molar-refractivity contribution in [3.05, 3.63) is 42.0 Å². The summed E-state index contributed by atoms with van der Waals surface area (Å²) < 4.78 is 5.22. The van der Waals surface area contributed by atoms with E-state index >= 15 is 0 Å². The SMILES string of the molecule is CCCCCCCCCOC(=O)C/C=C/c1ccccc1. The largest absolute Gasteiger partial charge is 0.465 e. The first-order valence-corrected chi connectivity index (χ1v) is 8.20. The van der Waals surface area contributed by atoms with Crippen LogP contribution in [0.15, 0.2) is 36.4 Å². The maximum atomic E-state index is 11.5. The van der Waals surface area contributed by atoms with Crippen molar-refractivity contribution in [3.8, 4) is 0 Å². The average molecular weight is 288 g/mol. The van der Waals surface area contributed by atoms with Crippen molar-refractivity contribution < 1.29 is 9.53 Å². The number of unbranched alkanes of at least 4 members (excludes halogenated alkanes) is 6. The summed E-state index contributed by atoms with van der Waals surface area (Å²) >= 11 is 0. The van der Waals surface area contributed by atoms with Gasteiger partial charge in [0.25, 0.3) is 0 Å². The molecule has 1 aromatic carbocycles. The molecule has 1 rings (SSSR count). The molecule has 0 amide bonds. The monoisotopic (exact) mass is 288 g/mol. The van der Waals surface area contributed by atoms with Gasteiger partial charge in [0.05, 0.1) is 13.0 Å². The minimum atomic E-state index is -0.131. The van der Waals surface area contributed by atoms with Crippen molar-refractivity contribution >= 4 is 12.0 Å². The minimum absolute atomic E-state index is 0.131. The van der Waals surface area contributed by atoms with Crippen molar-refractivity contribution in [1.82, 2.24) is 0 Å².